The van der Waals surface area contributed by atoms with Crippen molar-refractivity contribution in [2.75, 3.05) is 6.61 Å². The normalized spacial score (nSPS) is 12.8. The Morgan fingerprint density at radius 2 is 1.91 bits per heavy atom. The molecule has 0 fully saturated rings. The number of carboxylic acids is 1. The molecule has 0 aliphatic rings. The number of halogens is 3. The number of fused-ring (bicyclic) bond motifs is 1. The first kappa shape index (κ1) is 23.8. The third-order valence-corrected chi connectivity index (χ3v) is 6.68. The van der Waals surface area contributed by atoms with Crippen LogP contribution in [0.3, 0.4) is 0 Å². The van der Waals surface area contributed by atoms with Gasteiger partial charge in [-0.2, -0.15) is 13.2 Å². The van der Waals surface area contributed by atoms with Crippen LogP contribution in [0.1, 0.15) is 34.5 Å². The zero-order valence-corrected chi connectivity index (χ0v) is 19.6. The van der Waals surface area contributed by atoms with Crippen molar-refractivity contribution in [2.45, 2.75) is 32.4 Å². The number of alkyl halides is 3. The molecule has 0 aliphatic carbocycles. The van der Waals surface area contributed by atoms with Crippen molar-refractivity contribution in [3.8, 4) is 16.3 Å². The van der Waals surface area contributed by atoms with Crippen LogP contribution in [0.15, 0.2) is 48.7 Å². The van der Waals surface area contributed by atoms with E-state index in [1.807, 2.05) is 49.9 Å². The Kier molecular flexibility index (Phi) is 6.40. The minimum Gasteiger partial charge on any atom is -0.493 e. The van der Waals surface area contributed by atoms with Crippen LogP contribution < -0.4 is 4.74 Å². The van der Waals surface area contributed by atoms with E-state index in [1.165, 1.54) is 23.5 Å². The van der Waals surface area contributed by atoms with Crippen LogP contribution in [0.2, 0.25) is 0 Å². The third kappa shape index (κ3) is 4.94. The highest BCUT2D eigenvalue weighted by molar-refractivity contribution is 7.15. The van der Waals surface area contributed by atoms with Gasteiger partial charge in [0.15, 0.2) is 0 Å². The van der Waals surface area contributed by atoms with Gasteiger partial charge in [-0.25, -0.2) is 4.98 Å². The summed E-state index contributed by atoms with van der Waals surface area (Å²) in [6.07, 6.45) is -2.62. The van der Waals surface area contributed by atoms with E-state index in [9.17, 15) is 23.1 Å². The lowest BCUT2D eigenvalue weighted by Crippen LogP contribution is -2.08. The van der Waals surface area contributed by atoms with Crippen molar-refractivity contribution in [2.24, 2.45) is 7.05 Å². The number of ether oxygens (including phenoxy) is 1. The number of carbonyl (C=O) groups is 1. The quantitative estimate of drug-likeness (QED) is 0.325. The van der Waals surface area contributed by atoms with Gasteiger partial charge in [-0.1, -0.05) is 19.1 Å². The van der Waals surface area contributed by atoms with E-state index in [0.717, 1.165) is 39.2 Å². The second-order valence-electron chi connectivity index (χ2n) is 8.26. The third-order valence-electron chi connectivity index (χ3n) is 5.64. The molecule has 0 saturated heterocycles. The lowest BCUT2D eigenvalue weighted by atomic mass is 10.1. The first-order valence-corrected chi connectivity index (χ1v) is 11.4. The summed E-state index contributed by atoms with van der Waals surface area (Å²) in [5.41, 5.74) is 2.44. The van der Waals surface area contributed by atoms with E-state index in [4.69, 9.17) is 4.74 Å². The second kappa shape index (κ2) is 9.13. The Bertz CT molecular complexity index is 1340. The van der Waals surface area contributed by atoms with Gasteiger partial charge in [-0.3, -0.25) is 4.79 Å². The summed E-state index contributed by atoms with van der Waals surface area (Å²) in [6, 6.07) is 10.6. The topological polar surface area (TPSA) is 64.3 Å². The Morgan fingerprint density at radius 3 is 2.56 bits per heavy atom. The Balaban J connectivity index is 1.49. The number of rotatable bonds is 7. The van der Waals surface area contributed by atoms with Crippen LogP contribution in [-0.4, -0.2) is 27.2 Å². The predicted octanol–water partition coefficient (Wildman–Crippen LogP) is 6.44. The molecule has 0 unspecified atom stereocenters. The molecule has 1 N–H and O–H groups in total. The average Bonchev–Trinajstić information content (AvgIpc) is 3.31. The summed E-state index contributed by atoms with van der Waals surface area (Å²) in [5.74, 6) is -0.312. The molecule has 2 aromatic carbocycles. The maximum absolute atomic E-state index is 12.8. The maximum atomic E-state index is 12.8. The van der Waals surface area contributed by atoms with Gasteiger partial charge in [0.25, 0.3) is 0 Å². The minimum atomic E-state index is -4.37. The number of aryl methyl sites for hydroxylation is 2. The van der Waals surface area contributed by atoms with E-state index in [-0.39, 0.29) is 12.3 Å². The SMILES string of the molecule is Cc1sc(-c2ccc(C(F)(F)F)cc2)nc1[C@H](C)COc1ccc2c(c1)c(CC(=O)O)cn2C. The van der Waals surface area contributed by atoms with Gasteiger partial charge in [-0.05, 0) is 42.8 Å². The number of carboxylic acid groups (broad SMARTS) is 1. The predicted molar refractivity (Wildman–Crippen MR) is 125 cm³/mol. The molecular weight excluding hydrogens is 465 g/mol. The highest BCUT2D eigenvalue weighted by Gasteiger charge is 2.30. The van der Waals surface area contributed by atoms with E-state index >= 15 is 0 Å². The van der Waals surface area contributed by atoms with E-state index in [1.54, 1.807) is 0 Å². The summed E-state index contributed by atoms with van der Waals surface area (Å²) in [5, 5.41) is 10.7. The summed E-state index contributed by atoms with van der Waals surface area (Å²) < 4.78 is 46.4. The van der Waals surface area contributed by atoms with Gasteiger partial charge in [-0.15, -0.1) is 11.3 Å². The molecule has 0 bridgehead atoms. The fourth-order valence-corrected chi connectivity index (χ4v) is 4.98. The summed E-state index contributed by atoms with van der Waals surface area (Å²) in [7, 11) is 1.87. The zero-order chi connectivity index (χ0) is 24.6. The molecule has 178 valence electrons. The molecular formula is C25H23F3N2O3S. The maximum Gasteiger partial charge on any atom is 0.416 e. The van der Waals surface area contributed by atoms with Crippen molar-refractivity contribution in [1.82, 2.24) is 9.55 Å². The number of nitrogens with zero attached hydrogens (tertiary/aromatic N) is 2. The van der Waals surface area contributed by atoms with Gasteiger partial charge in [0.2, 0.25) is 0 Å². The van der Waals surface area contributed by atoms with Crippen LogP contribution in [0.25, 0.3) is 21.5 Å². The van der Waals surface area contributed by atoms with E-state index < -0.39 is 17.7 Å². The summed E-state index contributed by atoms with van der Waals surface area (Å²) in [4.78, 5) is 16.8. The average molecular weight is 489 g/mol. The largest absolute Gasteiger partial charge is 0.493 e. The standard InChI is InChI=1S/C25H23F3N2O3S/c1-14(13-33-19-8-9-21-20(11-19)17(10-22(31)32)12-30(21)3)23-15(2)34-24(29-23)16-4-6-18(7-5-16)25(26,27)28/h4-9,11-12,14H,10,13H2,1-3H3,(H,31,32)/t14-/m1/s1. The van der Waals surface area contributed by atoms with Crippen LogP contribution in [0.4, 0.5) is 13.2 Å². The fourth-order valence-electron chi connectivity index (χ4n) is 3.94. The van der Waals surface area contributed by atoms with Crippen molar-refractivity contribution < 1.29 is 27.8 Å². The number of aliphatic carboxylic acids is 1. The van der Waals surface area contributed by atoms with Crippen LogP contribution >= 0.6 is 11.3 Å². The van der Waals surface area contributed by atoms with Gasteiger partial charge >= 0.3 is 12.1 Å². The highest BCUT2D eigenvalue weighted by atomic mass is 32.1. The van der Waals surface area contributed by atoms with Crippen molar-refractivity contribution in [1.29, 1.82) is 0 Å². The molecule has 9 heteroatoms. The molecule has 5 nitrogen and oxygen atoms in total. The molecule has 0 radical (unpaired) electrons. The highest BCUT2D eigenvalue weighted by Crippen LogP contribution is 2.35. The van der Waals surface area contributed by atoms with Crippen molar-refractivity contribution in [3.63, 3.8) is 0 Å². The monoisotopic (exact) mass is 488 g/mol. The molecule has 4 rings (SSSR count). The van der Waals surface area contributed by atoms with Gasteiger partial charge in [0, 0.05) is 40.5 Å². The molecule has 0 amide bonds. The number of hydrogen-bond donors (Lipinski definition) is 1. The molecule has 0 aliphatic heterocycles. The van der Waals surface area contributed by atoms with Crippen LogP contribution in [0.5, 0.6) is 5.75 Å². The molecule has 0 spiro atoms. The van der Waals surface area contributed by atoms with Crippen molar-refractivity contribution in [3.05, 3.63) is 70.4 Å². The van der Waals surface area contributed by atoms with Gasteiger partial charge in [0.05, 0.1) is 24.3 Å². The molecule has 0 saturated carbocycles. The van der Waals surface area contributed by atoms with Gasteiger partial charge in [0.1, 0.15) is 10.8 Å². The van der Waals surface area contributed by atoms with Crippen molar-refractivity contribution >= 4 is 28.2 Å². The Hall–Kier alpha value is -3.33. The molecule has 1 atom stereocenters. The summed E-state index contributed by atoms with van der Waals surface area (Å²) in [6.45, 7) is 4.27. The first-order chi connectivity index (χ1) is 16.0. The number of benzene rings is 2. The number of aromatic nitrogens is 2. The first-order valence-electron chi connectivity index (χ1n) is 10.6. The molecule has 2 heterocycles. The molecule has 4 aromatic rings. The smallest absolute Gasteiger partial charge is 0.416 e. The lowest BCUT2D eigenvalue weighted by molar-refractivity contribution is -0.138. The summed E-state index contributed by atoms with van der Waals surface area (Å²) >= 11 is 1.44. The number of hydrogen-bond acceptors (Lipinski definition) is 4. The lowest BCUT2D eigenvalue weighted by Gasteiger charge is -2.13. The van der Waals surface area contributed by atoms with Gasteiger partial charge < -0.3 is 14.4 Å². The van der Waals surface area contributed by atoms with Crippen LogP contribution in [0, 0.1) is 6.92 Å². The molecule has 34 heavy (non-hydrogen) atoms. The number of thiazole rings is 1. The molecule has 2 aromatic heterocycles. The Labute approximate surface area is 198 Å². The fraction of sp³-hybridized carbons (Fsp3) is 0.280. The van der Waals surface area contributed by atoms with Crippen LogP contribution in [-0.2, 0) is 24.4 Å². The second-order valence-corrected chi connectivity index (χ2v) is 9.47. The van der Waals surface area contributed by atoms with E-state index in [0.29, 0.717) is 22.9 Å². The minimum absolute atomic E-state index is 0.0515. The zero-order valence-electron chi connectivity index (χ0n) is 18.8. The Morgan fingerprint density at radius 1 is 1.21 bits per heavy atom. The van der Waals surface area contributed by atoms with E-state index in [2.05, 4.69) is 4.98 Å².